The molecule has 0 unspecified atom stereocenters. The van der Waals surface area contributed by atoms with Gasteiger partial charge < -0.3 is 10.5 Å². The number of nitrogens with zero attached hydrogens (tertiary/aromatic N) is 2. The summed E-state index contributed by atoms with van der Waals surface area (Å²) in [5.41, 5.74) is 6.76. The van der Waals surface area contributed by atoms with Gasteiger partial charge in [0.15, 0.2) is 17.4 Å². The topological polar surface area (TPSA) is 78.1 Å². The van der Waals surface area contributed by atoms with Crippen LogP contribution in [0.4, 0.5) is 4.39 Å². The number of hydrogen-bond donors (Lipinski definition) is 1. The zero-order valence-corrected chi connectivity index (χ0v) is 14.8. The summed E-state index contributed by atoms with van der Waals surface area (Å²) in [5, 5.41) is 0. The SMILES string of the molecule is C=C(c1nc(C(N)=O)cc(-c2cccc(OC)c2F)n1)C1CCCCC1. The van der Waals surface area contributed by atoms with E-state index in [9.17, 15) is 9.18 Å². The zero-order valence-electron chi connectivity index (χ0n) is 14.8. The Balaban J connectivity index is 2.07. The van der Waals surface area contributed by atoms with Gasteiger partial charge in [0.25, 0.3) is 5.91 Å². The van der Waals surface area contributed by atoms with Gasteiger partial charge >= 0.3 is 0 Å². The Kier molecular flexibility index (Phi) is 5.30. The van der Waals surface area contributed by atoms with Crippen LogP contribution < -0.4 is 10.5 Å². The molecule has 0 saturated heterocycles. The van der Waals surface area contributed by atoms with Gasteiger partial charge in [-0.2, -0.15) is 0 Å². The third-order valence-corrected chi connectivity index (χ3v) is 4.82. The molecule has 0 spiro atoms. The van der Waals surface area contributed by atoms with Crippen molar-refractivity contribution in [1.29, 1.82) is 0 Å². The fourth-order valence-electron chi connectivity index (χ4n) is 3.35. The van der Waals surface area contributed by atoms with Crippen molar-refractivity contribution in [2.24, 2.45) is 11.7 Å². The van der Waals surface area contributed by atoms with Crippen LogP contribution in [0.15, 0.2) is 30.8 Å². The normalized spacial score (nSPS) is 14.8. The molecule has 1 fully saturated rings. The van der Waals surface area contributed by atoms with E-state index in [4.69, 9.17) is 10.5 Å². The van der Waals surface area contributed by atoms with Gasteiger partial charge in [-0.1, -0.05) is 31.9 Å². The van der Waals surface area contributed by atoms with Crippen molar-refractivity contribution in [2.45, 2.75) is 32.1 Å². The lowest BCUT2D eigenvalue weighted by Crippen LogP contribution is -2.17. The van der Waals surface area contributed by atoms with Crippen molar-refractivity contribution in [3.63, 3.8) is 0 Å². The minimum Gasteiger partial charge on any atom is -0.494 e. The van der Waals surface area contributed by atoms with E-state index in [0.29, 0.717) is 5.82 Å². The van der Waals surface area contributed by atoms with Crippen molar-refractivity contribution in [1.82, 2.24) is 9.97 Å². The molecule has 1 aromatic heterocycles. The Labute approximate surface area is 152 Å². The van der Waals surface area contributed by atoms with E-state index >= 15 is 0 Å². The standard InChI is InChI=1S/C20H22FN3O2/c1-12(13-7-4-3-5-8-13)20-23-15(11-16(24-20)19(22)25)14-9-6-10-17(26-2)18(14)21/h6,9-11,13H,1,3-5,7-8H2,2H3,(H2,22,25). The number of halogens is 1. The summed E-state index contributed by atoms with van der Waals surface area (Å²) in [5.74, 6) is -0.498. The Morgan fingerprint density at radius 3 is 2.65 bits per heavy atom. The smallest absolute Gasteiger partial charge is 0.267 e. The van der Waals surface area contributed by atoms with Crippen molar-refractivity contribution in [3.8, 4) is 17.0 Å². The summed E-state index contributed by atoms with van der Waals surface area (Å²) in [6.07, 6.45) is 5.52. The van der Waals surface area contributed by atoms with E-state index in [1.807, 2.05) is 0 Å². The van der Waals surface area contributed by atoms with Crippen molar-refractivity contribution in [2.75, 3.05) is 7.11 Å². The molecule has 26 heavy (non-hydrogen) atoms. The van der Waals surface area contributed by atoms with Gasteiger partial charge in [-0.15, -0.1) is 0 Å². The molecule has 0 aliphatic heterocycles. The second-order valence-corrected chi connectivity index (χ2v) is 6.51. The summed E-state index contributed by atoms with van der Waals surface area (Å²) < 4.78 is 19.7. The number of carbonyl (C=O) groups is 1. The van der Waals surface area contributed by atoms with Crippen molar-refractivity contribution >= 4 is 11.5 Å². The minimum atomic E-state index is -0.686. The van der Waals surface area contributed by atoms with Crippen LogP contribution in [0.2, 0.25) is 0 Å². The molecule has 1 aromatic carbocycles. The molecule has 5 nitrogen and oxygen atoms in total. The molecule has 1 aliphatic carbocycles. The maximum Gasteiger partial charge on any atom is 0.267 e. The predicted molar refractivity (Wildman–Crippen MR) is 98.1 cm³/mol. The quantitative estimate of drug-likeness (QED) is 0.880. The van der Waals surface area contributed by atoms with Crippen LogP contribution in [0.5, 0.6) is 5.75 Å². The summed E-state index contributed by atoms with van der Waals surface area (Å²) in [7, 11) is 1.40. The van der Waals surface area contributed by atoms with Crippen LogP contribution in [0.3, 0.4) is 0 Å². The number of ether oxygens (including phenoxy) is 1. The zero-order chi connectivity index (χ0) is 18.7. The molecule has 0 atom stereocenters. The number of aromatic nitrogens is 2. The number of primary amides is 1. The summed E-state index contributed by atoms with van der Waals surface area (Å²) in [6, 6.07) is 6.17. The van der Waals surface area contributed by atoms with Crippen molar-refractivity contribution < 1.29 is 13.9 Å². The highest BCUT2D eigenvalue weighted by Crippen LogP contribution is 2.34. The molecule has 1 amide bonds. The number of carbonyl (C=O) groups excluding carboxylic acids is 1. The summed E-state index contributed by atoms with van der Waals surface area (Å²) in [4.78, 5) is 20.5. The van der Waals surface area contributed by atoms with E-state index in [0.717, 1.165) is 31.3 Å². The average Bonchev–Trinajstić information content (AvgIpc) is 2.67. The van der Waals surface area contributed by atoms with Crippen LogP contribution in [0.1, 0.15) is 48.4 Å². The number of allylic oxidation sites excluding steroid dienone is 1. The van der Waals surface area contributed by atoms with E-state index < -0.39 is 11.7 Å². The highest BCUT2D eigenvalue weighted by atomic mass is 19.1. The van der Waals surface area contributed by atoms with Gasteiger partial charge in [0.1, 0.15) is 5.69 Å². The fraction of sp³-hybridized carbons (Fsp3) is 0.350. The fourth-order valence-corrected chi connectivity index (χ4v) is 3.35. The molecule has 1 heterocycles. The van der Waals surface area contributed by atoms with Crippen LogP contribution in [0, 0.1) is 11.7 Å². The van der Waals surface area contributed by atoms with Gasteiger partial charge in [0.2, 0.25) is 0 Å². The maximum atomic E-state index is 14.7. The van der Waals surface area contributed by atoms with E-state index in [1.165, 1.54) is 25.7 Å². The average molecular weight is 355 g/mol. The molecule has 136 valence electrons. The Bertz CT molecular complexity index is 845. The minimum absolute atomic E-state index is 0.0455. The first-order chi connectivity index (χ1) is 12.5. The van der Waals surface area contributed by atoms with Gasteiger partial charge in [-0.3, -0.25) is 4.79 Å². The largest absolute Gasteiger partial charge is 0.494 e. The number of hydrogen-bond acceptors (Lipinski definition) is 4. The number of nitrogens with two attached hydrogens (primary N) is 1. The molecule has 2 N–H and O–H groups in total. The predicted octanol–water partition coefficient (Wildman–Crippen LogP) is 3.98. The monoisotopic (exact) mass is 355 g/mol. The lowest BCUT2D eigenvalue weighted by molar-refractivity contribution is 0.0995. The van der Waals surface area contributed by atoms with Crippen LogP contribution in [-0.4, -0.2) is 23.0 Å². The number of methoxy groups -OCH3 is 1. The molecule has 0 bridgehead atoms. The molecule has 3 rings (SSSR count). The first-order valence-corrected chi connectivity index (χ1v) is 8.72. The second kappa shape index (κ2) is 7.64. The van der Waals surface area contributed by atoms with E-state index in [1.54, 1.807) is 12.1 Å². The first kappa shape index (κ1) is 18.0. The van der Waals surface area contributed by atoms with E-state index in [-0.39, 0.29) is 28.6 Å². The second-order valence-electron chi connectivity index (χ2n) is 6.51. The first-order valence-electron chi connectivity index (χ1n) is 8.72. The highest BCUT2D eigenvalue weighted by Gasteiger charge is 2.22. The third kappa shape index (κ3) is 3.59. The van der Waals surface area contributed by atoms with Gasteiger partial charge in [-0.05, 0) is 42.5 Å². The molecule has 0 radical (unpaired) electrons. The lowest BCUT2D eigenvalue weighted by atomic mass is 9.84. The Morgan fingerprint density at radius 1 is 1.27 bits per heavy atom. The Morgan fingerprint density at radius 2 is 2.00 bits per heavy atom. The lowest BCUT2D eigenvalue weighted by Gasteiger charge is -2.23. The number of amides is 1. The van der Waals surface area contributed by atoms with Crippen LogP contribution in [0.25, 0.3) is 16.8 Å². The summed E-state index contributed by atoms with van der Waals surface area (Å²) >= 11 is 0. The molecular formula is C20H22FN3O2. The maximum absolute atomic E-state index is 14.7. The van der Waals surface area contributed by atoms with Crippen molar-refractivity contribution in [3.05, 3.63) is 48.2 Å². The van der Waals surface area contributed by atoms with Crippen LogP contribution >= 0.6 is 0 Å². The van der Waals surface area contributed by atoms with Gasteiger partial charge in [-0.25, -0.2) is 14.4 Å². The molecule has 1 saturated carbocycles. The summed E-state index contributed by atoms with van der Waals surface area (Å²) in [6.45, 7) is 4.14. The van der Waals surface area contributed by atoms with Crippen LogP contribution in [-0.2, 0) is 0 Å². The molecule has 1 aliphatic rings. The highest BCUT2D eigenvalue weighted by molar-refractivity contribution is 5.92. The van der Waals surface area contributed by atoms with Gasteiger partial charge in [0.05, 0.1) is 12.8 Å². The number of rotatable bonds is 5. The van der Waals surface area contributed by atoms with E-state index in [2.05, 4.69) is 16.5 Å². The Hall–Kier alpha value is -2.76. The molecule has 2 aromatic rings. The molecular weight excluding hydrogens is 333 g/mol. The third-order valence-electron chi connectivity index (χ3n) is 4.82. The van der Waals surface area contributed by atoms with Gasteiger partial charge in [0, 0.05) is 5.56 Å². The molecule has 6 heteroatoms. The number of benzene rings is 1.